The molecule has 0 saturated heterocycles. The lowest BCUT2D eigenvalue weighted by molar-refractivity contribution is -0.141. The van der Waals surface area contributed by atoms with E-state index in [0.717, 1.165) is 0 Å². The second-order valence-electron chi connectivity index (χ2n) is 2.90. The van der Waals surface area contributed by atoms with Crippen LogP contribution in [0.1, 0.15) is 6.92 Å². The molecule has 0 aliphatic rings. The Labute approximate surface area is 91.9 Å². The predicted molar refractivity (Wildman–Crippen MR) is 54.6 cm³/mol. The van der Waals surface area contributed by atoms with Crippen LogP contribution in [0.25, 0.3) is 0 Å². The molecule has 0 aromatic rings. The lowest BCUT2D eigenvalue weighted by atomic mass is 10.2. The lowest BCUT2D eigenvalue weighted by Crippen LogP contribution is -2.51. The van der Waals surface area contributed by atoms with Gasteiger partial charge in [0.2, 0.25) is 0 Å². The number of carboxylic acids is 1. The standard InChI is InChI=1S/C8H13ClN2O4/c1-4(9)3-10-8(15)11-6(5(2)12)7(13)14/h5-6,12H,1,3H2,2H3,(H,13,14)(H2,10,11,15)/t5-,6+/m1/s1. The summed E-state index contributed by atoms with van der Waals surface area (Å²) in [5.74, 6) is -1.31. The van der Waals surface area contributed by atoms with Gasteiger partial charge < -0.3 is 20.8 Å². The Hall–Kier alpha value is -1.27. The van der Waals surface area contributed by atoms with Crippen LogP contribution in [0.3, 0.4) is 0 Å². The Kier molecular flexibility index (Phi) is 5.73. The van der Waals surface area contributed by atoms with Crippen molar-refractivity contribution in [2.24, 2.45) is 0 Å². The lowest BCUT2D eigenvalue weighted by Gasteiger charge is -2.17. The first kappa shape index (κ1) is 13.7. The van der Waals surface area contributed by atoms with E-state index in [2.05, 4.69) is 17.2 Å². The van der Waals surface area contributed by atoms with E-state index in [1.54, 1.807) is 0 Å². The summed E-state index contributed by atoms with van der Waals surface area (Å²) in [6.45, 7) is 4.62. The van der Waals surface area contributed by atoms with Gasteiger partial charge in [0.1, 0.15) is 0 Å². The van der Waals surface area contributed by atoms with Gasteiger partial charge in [0.15, 0.2) is 6.04 Å². The number of aliphatic hydroxyl groups is 1. The van der Waals surface area contributed by atoms with E-state index in [-0.39, 0.29) is 11.6 Å². The first-order valence-electron chi connectivity index (χ1n) is 4.13. The zero-order chi connectivity index (χ0) is 12.0. The smallest absolute Gasteiger partial charge is 0.328 e. The molecule has 0 spiro atoms. The molecule has 0 aromatic carbocycles. The number of rotatable bonds is 5. The number of amides is 2. The molecule has 6 nitrogen and oxygen atoms in total. The molecule has 0 saturated carbocycles. The topological polar surface area (TPSA) is 98.7 Å². The van der Waals surface area contributed by atoms with Crippen LogP contribution in [0.15, 0.2) is 11.6 Å². The molecule has 0 radical (unpaired) electrons. The van der Waals surface area contributed by atoms with Gasteiger partial charge in [0.05, 0.1) is 12.6 Å². The molecule has 86 valence electrons. The summed E-state index contributed by atoms with van der Waals surface area (Å²) in [5, 5.41) is 22.2. The third kappa shape index (κ3) is 5.92. The summed E-state index contributed by atoms with van der Waals surface area (Å²) in [6, 6.07) is -2.08. The molecule has 4 N–H and O–H groups in total. The molecular weight excluding hydrogens is 224 g/mol. The van der Waals surface area contributed by atoms with Crippen molar-refractivity contribution in [2.75, 3.05) is 6.54 Å². The molecule has 0 bridgehead atoms. The number of carbonyl (C=O) groups excluding carboxylic acids is 1. The highest BCUT2D eigenvalue weighted by Gasteiger charge is 2.24. The molecule has 0 fully saturated rings. The Morgan fingerprint density at radius 3 is 2.40 bits per heavy atom. The highest BCUT2D eigenvalue weighted by molar-refractivity contribution is 6.29. The summed E-state index contributed by atoms with van der Waals surface area (Å²) in [7, 11) is 0. The third-order valence-electron chi connectivity index (χ3n) is 1.48. The van der Waals surface area contributed by atoms with Crippen molar-refractivity contribution in [2.45, 2.75) is 19.1 Å². The minimum atomic E-state index is -1.35. The van der Waals surface area contributed by atoms with Gasteiger partial charge in [-0.05, 0) is 6.92 Å². The first-order chi connectivity index (χ1) is 6.84. The summed E-state index contributed by atoms with van der Waals surface area (Å²) >= 11 is 5.38. The van der Waals surface area contributed by atoms with Gasteiger partial charge in [-0.15, -0.1) is 0 Å². The van der Waals surface area contributed by atoms with Crippen LogP contribution < -0.4 is 10.6 Å². The average molecular weight is 237 g/mol. The Balaban J connectivity index is 4.12. The van der Waals surface area contributed by atoms with Crippen LogP contribution in [0.4, 0.5) is 4.79 Å². The highest BCUT2D eigenvalue weighted by Crippen LogP contribution is 1.94. The zero-order valence-electron chi connectivity index (χ0n) is 8.16. The van der Waals surface area contributed by atoms with Gasteiger partial charge in [-0.1, -0.05) is 18.2 Å². The van der Waals surface area contributed by atoms with Crippen molar-refractivity contribution in [3.05, 3.63) is 11.6 Å². The SMILES string of the molecule is C=C(Cl)CNC(=O)N[C@H](C(=O)O)[C@@H](C)O. The van der Waals surface area contributed by atoms with Gasteiger partial charge in [-0.2, -0.15) is 0 Å². The van der Waals surface area contributed by atoms with E-state index < -0.39 is 24.1 Å². The molecule has 2 amide bonds. The minimum absolute atomic E-state index is 0.0273. The molecule has 15 heavy (non-hydrogen) atoms. The number of hydrogen-bond donors (Lipinski definition) is 4. The summed E-state index contributed by atoms with van der Waals surface area (Å²) in [4.78, 5) is 21.6. The molecule has 0 heterocycles. The van der Waals surface area contributed by atoms with Crippen LogP contribution >= 0.6 is 11.6 Å². The molecule has 0 rings (SSSR count). The van der Waals surface area contributed by atoms with E-state index >= 15 is 0 Å². The number of hydrogen-bond acceptors (Lipinski definition) is 3. The second-order valence-corrected chi connectivity index (χ2v) is 3.44. The van der Waals surface area contributed by atoms with Crippen LogP contribution in [-0.4, -0.2) is 40.9 Å². The van der Waals surface area contributed by atoms with Crippen molar-refractivity contribution in [3.63, 3.8) is 0 Å². The molecule has 0 aliphatic heterocycles. The quantitative estimate of drug-likeness (QED) is 0.535. The Morgan fingerprint density at radius 2 is 2.07 bits per heavy atom. The number of urea groups is 1. The van der Waals surface area contributed by atoms with Crippen LogP contribution in [0.2, 0.25) is 0 Å². The highest BCUT2D eigenvalue weighted by atomic mass is 35.5. The first-order valence-corrected chi connectivity index (χ1v) is 4.51. The van der Waals surface area contributed by atoms with Gasteiger partial charge in [0, 0.05) is 5.03 Å². The zero-order valence-corrected chi connectivity index (χ0v) is 8.91. The van der Waals surface area contributed by atoms with Crippen LogP contribution in [0, 0.1) is 0 Å². The second kappa shape index (κ2) is 6.26. The molecule has 0 unspecified atom stereocenters. The third-order valence-corrected chi connectivity index (χ3v) is 1.61. The molecule has 0 aliphatic carbocycles. The molecule has 0 aromatic heterocycles. The normalized spacial score (nSPS) is 13.8. The van der Waals surface area contributed by atoms with E-state index in [9.17, 15) is 9.59 Å². The monoisotopic (exact) mass is 236 g/mol. The number of aliphatic hydroxyl groups excluding tert-OH is 1. The van der Waals surface area contributed by atoms with Crippen LogP contribution in [0.5, 0.6) is 0 Å². The maximum Gasteiger partial charge on any atom is 0.328 e. The number of carbonyl (C=O) groups is 2. The van der Waals surface area contributed by atoms with Crippen molar-refractivity contribution in [3.8, 4) is 0 Å². The van der Waals surface area contributed by atoms with Crippen molar-refractivity contribution in [1.29, 1.82) is 0 Å². The largest absolute Gasteiger partial charge is 0.480 e. The van der Waals surface area contributed by atoms with E-state index in [1.165, 1.54) is 6.92 Å². The van der Waals surface area contributed by atoms with Gasteiger partial charge >= 0.3 is 12.0 Å². The van der Waals surface area contributed by atoms with E-state index in [1.807, 2.05) is 0 Å². The fourth-order valence-corrected chi connectivity index (χ4v) is 0.824. The molecular formula is C8H13ClN2O4. The molecule has 2 atom stereocenters. The van der Waals surface area contributed by atoms with E-state index in [0.29, 0.717) is 0 Å². The van der Waals surface area contributed by atoms with Crippen molar-refractivity contribution >= 4 is 23.6 Å². The van der Waals surface area contributed by atoms with Crippen LogP contribution in [-0.2, 0) is 4.79 Å². The summed E-state index contributed by atoms with van der Waals surface area (Å²) in [5.41, 5.74) is 0. The summed E-state index contributed by atoms with van der Waals surface area (Å²) in [6.07, 6.45) is -1.19. The maximum absolute atomic E-state index is 11.1. The maximum atomic E-state index is 11.1. The Bertz CT molecular complexity index is 267. The van der Waals surface area contributed by atoms with Gasteiger partial charge in [-0.25, -0.2) is 9.59 Å². The number of nitrogens with one attached hydrogen (secondary N) is 2. The fourth-order valence-electron chi connectivity index (χ4n) is 0.757. The predicted octanol–water partition coefficient (Wildman–Crippen LogP) is -0.128. The van der Waals surface area contributed by atoms with E-state index in [4.69, 9.17) is 21.8 Å². The van der Waals surface area contributed by atoms with Crippen molar-refractivity contribution in [1.82, 2.24) is 10.6 Å². The van der Waals surface area contributed by atoms with Gasteiger partial charge in [0.25, 0.3) is 0 Å². The number of carboxylic acid groups (broad SMARTS) is 1. The average Bonchev–Trinajstić information content (AvgIpc) is 2.09. The fraction of sp³-hybridized carbons (Fsp3) is 0.500. The van der Waals surface area contributed by atoms with Gasteiger partial charge in [-0.3, -0.25) is 0 Å². The van der Waals surface area contributed by atoms with Crippen molar-refractivity contribution < 1.29 is 19.8 Å². The Morgan fingerprint density at radius 1 is 1.53 bits per heavy atom. The summed E-state index contributed by atoms with van der Waals surface area (Å²) < 4.78 is 0. The minimum Gasteiger partial charge on any atom is -0.480 e. The number of aliphatic carboxylic acids is 1. The molecule has 7 heteroatoms. The number of halogens is 1.